The lowest BCUT2D eigenvalue weighted by Gasteiger charge is -2.23. The second-order valence-corrected chi connectivity index (χ2v) is 6.19. The SMILES string of the molecule is O=c1[nH]cccc1COC1=NC=CCN1c1nc2ccccc2s1. The maximum atomic E-state index is 11.7. The van der Waals surface area contributed by atoms with E-state index in [4.69, 9.17) is 4.74 Å². The van der Waals surface area contributed by atoms with E-state index in [1.54, 1.807) is 35.9 Å². The fourth-order valence-electron chi connectivity index (χ4n) is 2.38. The van der Waals surface area contributed by atoms with E-state index in [-0.39, 0.29) is 12.2 Å². The van der Waals surface area contributed by atoms with Crippen LogP contribution in [0.2, 0.25) is 0 Å². The number of amidine groups is 1. The summed E-state index contributed by atoms with van der Waals surface area (Å²) in [5, 5.41) is 0.821. The summed E-state index contributed by atoms with van der Waals surface area (Å²) in [7, 11) is 0. The molecule has 4 rings (SSSR count). The van der Waals surface area contributed by atoms with Gasteiger partial charge in [-0.05, 0) is 30.3 Å². The summed E-state index contributed by atoms with van der Waals surface area (Å²) in [5.41, 5.74) is 1.35. The number of para-hydroxylation sites is 1. The summed E-state index contributed by atoms with van der Waals surface area (Å²) in [6.07, 6.45) is 5.24. The van der Waals surface area contributed by atoms with Gasteiger partial charge in [0.2, 0.25) is 0 Å². The number of nitrogens with one attached hydrogen (secondary N) is 1. The van der Waals surface area contributed by atoms with Crippen LogP contribution in [0.4, 0.5) is 5.13 Å². The largest absolute Gasteiger partial charge is 0.460 e. The first-order valence-electron chi connectivity index (χ1n) is 7.46. The van der Waals surface area contributed by atoms with Gasteiger partial charge in [0.1, 0.15) is 6.61 Å². The summed E-state index contributed by atoms with van der Waals surface area (Å²) < 4.78 is 6.90. The highest BCUT2D eigenvalue weighted by atomic mass is 32.1. The number of benzene rings is 1. The average Bonchev–Trinajstić information content (AvgIpc) is 3.05. The van der Waals surface area contributed by atoms with Gasteiger partial charge in [0.05, 0.1) is 15.8 Å². The van der Waals surface area contributed by atoms with E-state index in [2.05, 4.69) is 15.0 Å². The molecular weight excluding hydrogens is 324 g/mol. The quantitative estimate of drug-likeness (QED) is 0.797. The number of anilines is 1. The van der Waals surface area contributed by atoms with Gasteiger partial charge in [0, 0.05) is 18.9 Å². The van der Waals surface area contributed by atoms with Crippen molar-refractivity contribution in [2.24, 2.45) is 4.99 Å². The Morgan fingerprint density at radius 1 is 1.25 bits per heavy atom. The Morgan fingerprint density at radius 2 is 2.17 bits per heavy atom. The summed E-state index contributed by atoms with van der Waals surface area (Å²) >= 11 is 1.58. The highest BCUT2D eigenvalue weighted by Crippen LogP contribution is 2.29. The molecule has 0 saturated heterocycles. The maximum Gasteiger partial charge on any atom is 0.299 e. The Morgan fingerprint density at radius 3 is 3.04 bits per heavy atom. The molecule has 0 atom stereocenters. The molecule has 3 aromatic rings. The number of aromatic nitrogens is 2. The summed E-state index contributed by atoms with van der Waals surface area (Å²) in [6.45, 7) is 0.786. The van der Waals surface area contributed by atoms with Crippen molar-refractivity contribution in [3.05, 3.63) is 70.8 Å². The number of hydrogen-bond acceptors (Lipinski definition) is 6. The molecule has 24 heavy (non-hydrogen) atoms. The van der Waals surface area contributed by atoms with Crippen molar-refractivity contribution < 1.29 is 4.74 Å². The van der Waals surface area contributed by atoms with Crippen LogP contribution >= 0.6 is 11.3 Å². The van der Waals surface area contributed by atoms with Crippen LogP contribution in [0.1, 0.15) is 5.56 Å². The molecule has 0 saturated carbocycles. The molecule has 0 spiro atoms. The molecule has 0 aliphatic carbocycles. The lowest BCUT2D eigenvalue weighted by molar-refractivity contribution is 0.282. The molecule has 0 radical (unpaired) electrons. The van der Waals surface area contributed by atoms with Gasteiger partial charge in [0.25, 0.3) is 11.6 Å². The van der Waals surface area contributed by atoms with Crippen molar-refractivity contribution in [1.29, 1.82) is 0 Å². The van der Waals surface area contributed by atoms with Crippen molar-refractivity contribution in [2.75, 3.05) is 11.4 Å². The molecule has 0 unspecified atom stereocenters. The minimum atomic E-state index is -0.156. The topological polar surface area (TPSA) is 70.6 Å². The fourth-order valence-corrected chi connectivity index (χ4v) is 3.35. The number of rotatable bonds is 3. The second-order valence-electron chi connectivity index (χ2n) is 5.18. The molecule has 6 nitrogen and oxygen atoms in total. The van der Waals surface area contributed by atoms with Crippen LogP contribution in [-0.4, -0.2) is 22.5 Å². The number of fused-ring (bicyclic) bond motifs is 1. The van der Waals surface area contributed by atoms with Gasteiger partial charge in [-0.3, -0.25) is 9.69 Å². The van der Waals surface area contributed by atoms with E-state index in [0.717, 1.165) is 15.3 Å². The summed E-state index contributed by atoms with van der Waals surface area (Å²) in [6, 6.07) is 11.9. The maximum absolute atomic E-state index is 11.7. The number of aromatic amines is 1. The molecule has 0 amide bonds. The molecule has 1 aromatic carbocycles. The van der Waals surface area contributed by atoms with Gasteiger partial charge < -0.3 is 9.72 Å². The Bertz CT molecular complexity index is 956. The van der Waals surface area contributed by atoms with E-state index >= 15 is 0 Å². The number of pyridine rings is 1. The van der Waals surface area contributed by atoms with Gasteiger partial charge in [-0.2, -0.15) is 0 Å². The zero-order chi connectivity index (χ0) is 16.4. The van der Waals surface area contributed by atoms with Crippen molar-refractivity contribution in [3.8, 4) is 0 Å². The first-order valence-corrected chi connectivity index (χ1v) is 8.28. The standard InChI is InChI=1S/C17H14N4O2S/c22-15-12(5-3-8-18-15)11-23-16-19-9-4-10-21(16)17-20-13-6-1-2-7-14(13)24-17/h1-9H,10-11H2,(H,18,22). The predicted molar refractivity (Wildman–Crippen MR) is 95.4 cm³/mol. The lowest BCUT2D eigenvalue weighted by atomic mass is 10.3. The lowest BCUT2D eigenvalue weighted by Crippen LogP contribution is -2.35. The third kappa shape index (κ3) is 2.81. The number of hydrogen-bond donors (Lipinski definition) is 1. The summed E-state index contributed by atoms with van der Waals surface area (Å²) in [5.74, 6) is 0. The van der Waals surface area contributed by atoms with Crippen LogP contribution in [0.15, 0.2) is 64.7 Å². The minimum absolute atomic E-state index is 0.156. The van der Waals surface area contributed by atoms with Crippen LogP contribution in [0.5, 0.6) is 0 Å². The number of H-pyrrole nitrogens is 1. The predicted octanol–water partition coefficient (Wildman–Crippen LogP) is 2.89. The van der Waals surface area contributed by atoms with Crippen LogP contribution in [0, 0.1) is 0 Å². The van der Waals surface area contributed by atoms with Crippen molar-refractivity contribution in [2.45, 2.75) is 6.61 Å². The van der Waals surface area contributed by atoms with Gasteiger partial charge >= 0.3 is 0 Å². The number of aliphatic imine (C=N–C) groups is 1. The van der Waals surface area contributed by atoms with E-state index in [1.807, 2.05) is 35.2 Å². The fraction of sp³-hybridized carbons (Fsp3) is 0.118. The molecule has 1 N–H and O–H groups in total. The van der Waals surface area contributed by atoms with E-state index in [9.17, 15) is 4.79 Å². The molecular formula is C17H14N4O2S. The normalized spacial score (nSPS) is 14.0. The molecule has 2 aromatic heterocycles. The minimum Gasteiger partial charge on any atom is -0.460 e. The Labute approximate surface area is 141 Å². The molecule has 0 fully saturated rings. The van der Waals surface area contributed by atoms with Gasteiger partial charge in [-0.25, -0.2) is 9.98 Å². The van der Waals surface area contributed by atoms with Crippen molar-refractivity contribution in [1.82, 2.24) is 9.97 Å². The Balaban J connectivity index is 1.58. The smallest absolute Gasteiger partial charge is 0.299 e. The van der Waals surface area contributed by atoms with Crippen LogP contribution in [0.3, 0.4) is 0 Å². The zero-order valence-corrected chi connectivity index (χ0v) is 13.5. The molecule has 7 heteroatoms. The first kappa shape index (κ1) is 14.6. The Kier molecular flexibility index (Phi) is 3.84. The Hall–Kier alpha value is -2.93. The van der Waals surface area contributed by atoms with E-state index in [1.165, 1.54) is 0 Å². The van der Waals surface area contributed by atoms with Gasteiger partial charge in [-0.15, -0.1) is 0 Å². The van der Waals surface area contributed by atoms with Crippen LogP contribution in [-0.2, 0) is 11.3 Å². The molecule has 120 valence electrons. The van der Waals surface area contributed by atoms with Crippen molar-refractivity contribution >= 4 is 32.7 Å². The molecule has 0 bridgehead atoms. The van der Waals surface area contributed by atoms with Gasteiger partial charge in [-0.1, -0.05) is 23.5 Å². The highest BCUT2D eigenvalue weighted by Gasteiger charge is 2.20. The number of ether oxygens (including phenoxy) is 1. The second kappa shape index (κ2) is 6.29. The van der Waals surface area contributed by atoms with Crippen molar-refractivity contribution in [3.63, 3.8) is 0 Å². The average molecular weight is 338 g/mol. The third-order valence-electron chi connectivity index (χ3n) is 3.58. The van der Waals surface area contributed by atoms with Crippen LogP contribution in [0.25, 0.3) is 10.2 Å². The third-order valence-corrected chi connectivity index (χ3v) is 4.64. The van der Waals surface area contributed by atoms with Crippen LogP contribution < -0.4 is 10.5 Å². The first-order chi connectivity index (χ1) is 11.8. The molecule has 1 aliphatic rings. The monoisotopic (exact) mass is 338 g/mol. The highest BCUT2D eigenvalue weighted by molar-refractivity contribution is 7.22. The summed E-state index contributed by atoms with van der Waals surface area (Å²) in [4.78, 5) is 25.2. The molecule has 3 heterocycles. The van der Waals surface area contributed by atoms with E-state index < -0.39 is 0 Å². The van der Waals surface area contributed by atoms with Gasteiger partial charge in [0.15, 0.2) is 5.13 Å². The number of nitrogens with zero attached hydrogens (tertiary/aromatic N) is 3. The zero-order valence-electron chi connectivity index (χ0n) is 12.7. The number of thiazole rings is 1. The molecule has 1 aliphatic heterocycles. The van der Waals surface area contributed by atoms with E-state index in [0.29, 0.717) is 18.1 Å².